The van der Waals surface area contributed by atoms with E-state index in [1.807, 2.05) is 13.8 Å². The van der Waals surface area contributed by atoms with Crippen molar-refractivity contribution in [2.24, 2.45) is 4.99 Å². The fourth-order valence-corrected chi connectivity index (χ4v) is 4.62. The second-order valence-electron chi connectivity index (χ2n) is 11.5. The zero-order valence-electron chi connectivity index (χ0n) is 26.1. The summed E-state index contributed by atoms with van der Waals surface area (Å²) in [6.45, 7) is 13.8. The summed E-state index contributed by atoms with van der Waals surface area (Å²) in [5, 5.41) is 3.52. The van der Waals surface area contributed by atoms with E-state index in [9.17, 15) is 6.17 Å². The first-order valence-electron chi connectivity index (χ1n) is 14.5. The summed E-state index contributed by atoms with van der Waals surface area (Å²) in [6.07, 6.45) is -2.34. The van der Waals surface area contributed by atoms with E-state index in [-0.39, 0.29) is 19.1 Å². The minimum Gasteiger partial charge on any atom is -0.490 e. The van der Waals surface area contributed by atoms with Gasteiger partial charge in [-0.1, -0.05) is 12.1 Å². The summed E-state index contributed by atoms with van der Waals surface area (Å²) < 4.78 is 44.4. The standard InChI is InChI=1S/C31H39N3O8/c1-8-36-23-14-13-19(15-24(23)37-9-2)27-32-26(34-42-27)20-11-10-12-22-21(20)16-25(40-22)31(17-38-30(6,7)39-18-31)33-28(35)41-29(3,4)5/h10-16,26,34H,8-9,17-18H2,1-7H3,(H,33,35)/i26D. The van der Waals surface area contributed by atoms with E-state index in [1.165, 1.54) is 0 Å². The van der Waals surface area contributed by atoms with E-state index in [1.54, 1.807) is 77.1 Å². The maximum absolute atomic E-state index is 12.9. The number of nitrogens with zero attached hydrogens (tertiary/aromatic N) is 1. The lowest BCUT2D eigenvalue weighted by Crippen LogP contribution is -2.59. The predicted molar refractivity (Wildman–Crippen MR) is 156 cm³/mol. The minimum atomic E-state index is -1.70. The van der Waals surface area contributed by atoms with E-state index < -0.39 is 29.2 Å². The molecule has 3 heterocycles. The van der Waals surface area contributed by atoms with E-state index in [4.69, 9.17) is 32.9 Å². The van der Waals surface area contributed by atoms with Gasteiger partial charge in [0.1, 0.15) is 22.5 Å². The van der Waals surface area contributed by atoms with Gasteiger partial charge in [-0.25, -0.2) is 9.79 Å². The van der Waals surface area contributed by atoms with Gasteiger partial charge in [0.25, 0.3) is 0 Å². The molecule has 2 N–H and O–H groups in total. The number of carbonyl (C=O) groups is 1. The molecule has 0 spiro atoms. The van der Waals surface area contributed by atoms with Crippen LogP contribution < -0.4 is 20.3 Å². The van der Waals surface area contributed by atoms with Gasteiger partial charge in [0.15, 0.2) is 23.4 Å². The molecule has 3 aromatic rings. The Labute approximate surface area is 246 Å². The molecular weight excluding hydrogens is 542 g/mol. The average Bonchev–Trinajstić information content (AvgIpc) is 3.55. The third-order valence-corrected chi connectivity index (χ3v) is 6.61. The van der Waals surface area contributed by atoms with Crippen LogP contribution in [0.5, 0.6) is 11.5 Å². The molecule has 0 saturated carbocycles. The summed E-state index contributed by atoms with van der Waals surface area (Å²) >= 11 is 0. The molecule has 1 unspecified atom stereocenters. The van der Waals surface area contributed by atoms with Crippen molar-refractivity contribution >= 4 is 23.0 Å². The molecule has 2 aliphatic heterocycles. The molecule has 42 heavy (non-hydrogen) atoms. The Morgan fingerprint density at radius 3 is 2.50 bits per heavy atom. The number of benzene rings is 2. The molecule has 1 aromatic heterocycles. The largest absolute Gasteiger partial charge is 0.490 e. The van der Waals surface area contributed by atoms with Crippen LogP contribution in [0.15, 0.2) is 51.9 Å². The maximum Gasteiger partial charge on any atom is 0.408 e. The Morgan fingerprint density at radius 1 is 1.10 bits per heavy atom. The predicted octanol–water partition coefficient (Wildman–Crippen LogP) is 5.71. The third kappa shape index (κ3) is 6.33. The van der Waals surface area contributed by atoms with Gasteiger partial charge in [0, 0.05) is 16.5 Å². The van der Waals surface area contributed by atoms with Crippen LogP contribution in [0.4, 0.5) is 4.79 Å². The highest BCUT2D eigenvalue weighted by molar-refractivity contribution is 5.96. The lowest BCUT2D eigenvalue weighted by Gasteiger charge is -2.42. The maximum atomic E-state index is 12.9. The molecule has 11 nitrogen and oxygen atoms in total. The summed E-state index contributed by atoms with van der Waals surface area (Å²) in [5.74, 6) is 0.927. The normalized spacial score (nSPS) is 21.7. The van der Waals surface area contributed by atoms with Crippen molar-refractivity contribution in [3.63, 3.8) is 0 Å². The first-order valence-corrected chi connectivity index (χ1v) is 14.0. The van der Waals surface area contributed by atoms with Crippen molar-refractivity contribution < 1.29 is 39.1 Å². The zero-order chi connectivity index (χ0) is 31.0. The topological polar surface area (TPSA) is 122 Å². The lowest BCUT2D eigenvalue weighted by molar-refractivity contribution is -0.274. The number of aliphatic imine (C=N–C) groups is 1. The molecule has 1 saturated heterocycles. The number of hydrogen-bond donors (Lipinski definition) is 2. The fraction of sp³-hybridized carbons (Fsp3) is 0.484. The van der Waals surface area contributed by atoms with Crippen molar-refractivity contribution in [3.8, 4) is 11.5 Å². The monoisotopic (exact) mass is 582 g/mol. The van der Waals surface area contributed by atoms with Crippen molar-refractivity contribution in [2.75, 3.05) is 26.4 Å². The van der Waals surface area contributed by atoms with Crippen molar-refractivity contribution in [1.82, 2.24) is 10.8 Å². The smallest absolute Gasteiger partial charge is 0.408 e. The van der Waals surface area contributed by atoms with Crippen LogP contribution in [0.3, 0.4) is 0 Å². The van der Waals surface area contributed by atoms with Gasteiger partial charge in [0.05, 0.1) is 27.8 Å². The third-order valence-electron chi connectivity index (χ3n) is 6.61. The van der Waals surface area contributed by atoms with E-state index >= 15 is 0 Å². The number of carbonyl (C=O) groups excluding carboxylic acids is 1. The molecule has 1 fully saturated rings. The first kappa shape index (κ1) is 28.3. The van der Waals surface area contributed by atoms with Gasteiger partial charge in [-0.3, -0.25) is 0 Å². The molecule has 0 aliphatic carbocycles. The van der Waals surface area contributed by atoms with Crippen molar-refractivity contribution in [1.29, 1.82) is 0 Å². The molecule has 226 valence electrons. The van der Waals surface area contributed by atoms with Gasteiger partial charge in [0.2, 0.25) is 5.90 Å². The first-order chi connectivity index (χ1) is 20.3. The van der Waals surface area contributed by atoms with E-state index in [2.05, 4.69) is 15.8 Å². The van der Waals surface area contributed by atoms with E-state index in [0.717, 1.165) is 0 Å². The Hall–Kier alpha value is -3.80. The second kappa shape index (κ2) is 11.5. The number of nitrogens with one attached hydrogen (secondary N) is 2. The summed E-state index contributed by atoms with van der Waals surface area (Å²) in [5.41, 5.74) is 2.45. The summed E-state index contributed by atoms with van der Waals surface area (Å²) in [6, 6.07) is 12.4. The van der Waals surface area contributed by atoms with E-state index in [0.29, 0.717) is 52.6 Å². The molecular formula is C31H39N3O8. The van der Waals surface area contributed by atoms with Crippen LogP contribution in [0.2, 0.25) is 0 Å². The SMILES string of the molecule is [2H]C1(c2cccc3oc(C4(NC(=O)OC(C)(C)C)COC(C)(C)OC4)cc23)N=C(c2ccc(OCC)c(OCC)c2)ON1. The van der Waals surface area contributed by atoms with Crippen LogP contribution >= 0.6 is 0 Å². The van der Waals surface area contributed by atoms with Crippen LogP contribution in [-0.2, 0) is 24.6 Å². The molecule has 11 heteroatoms. The molecule has 2 aliphatic rings. The number of hydrogen-bond acceptors (Lipinski definition) is 10. The minimum absolute atomic E-state index is 0.0734. The molecule has 2 aromatic carbocycles. The lowest BCUT2D eigenvalue weighted by atomic mass is 9.96. The Morgan fingerprint density at radius 2 is 1.81 bits per heavy atom. The zero-order valence-corrected chi connectivity index (χ0v) is 25.1. The molecule has 0 radical (unpaired) electrons. The number of alkyl carbamates (subject to hydrolysis) is 1. The molecule has 0 bridgehead atoms. The van der Waals surface area contributed by atoms with Crippen molar-refractivity contribution in [3.05, 3.63) is 59.4 Å². The number of rotatable bonds is 8. The average molecular weight is 583 g/mol. The Balaban J connectivity index is 1.51. The molecule has 5 rings (SSSR count). The van der Waals surface area contributed by atoms with Gasteiger partial charge < -0.3 is 38.3 Å². The van der Waals surface area contributed by atoms with Gasteiger partial charge >= 0.3 is 6.09 Å². The number of ether oxygens (including phenoxy) is 5. The van der Waals surface area contributed by atoms with Crippen LogP contribution in [-0.4, -0.2) is 49.8 Å². The highest BCUT2D eigenvalue weighted by Gasteiger charge is 2.46. The number of hydroxylamine groups is 1. The molecule has 1 amide bonds. The summed E-state index contributed by atoms with van der Waals surface area (Å²) in [7, 11) is 0. The number of fused-ring (bicyclic) bond motifs is 1. The Kier molecular flexibility index (Phi) is 7.73. The molecule has 1 atom stereocenters. The number of amides is 1. The number of furan rings is 1. The second-order valence-corrected chi connectivity index (χ2v) is 11.5. The van der Waals surface area contributed by atoms with Crippen molar-refractivity contribution in [2.45, 2.75) is 71.5 Å². The van der Waals surface area contributed by atoms with Crippen LogP contribution in [0.1, 0.15) is 72.9 Å². The van der Waals surface area contributed by atoms with Gasteiger partial charge in [-0.05, 0) is 78.8 Å². The highest BCUT2D eigenvalue weighted by Crippen LogP contribution is 2.38. The van der Waals surface area contributed by atoms with Gasteiger partial charge in [-0.2, -0.15) is 0 Å². The van der Waals surface area contributed by atoms with Crippen LogP contribution in [0.25, 0.3) is 11.0 Å². The summed E-state index contributed by atoms with van der Waals surface area (Å²) in [4.78, 5) is 23.3. The van der Waals surface area contributed by atoms with Crippen LogP contribution in [0, 0.1) is 0 Å². The van der Waals surface area contributed by atoms with Gasteiger partial charge in [-0.15, -0.1) is 5.48 Å². The quantitative estimate of drug-likeness (QED) is 0.344. The fourth-order valence-electron chi connectivity index (χ4n) is 4.62. The Bertz CT molecular complexity index is 1520. The highest BCUT2D eigenvalue weighted by atomic mass is 16.7.